The van der Waals surface area contributed by atoms with Crippen LogP contribution in [0.4, 0.5) is 0 Å². The summed E-state index contributed by atoms with van der Waals surface area (Å²) in [5, 5.41) is 3.98. The van der Waals surface area contributed by atoms with Crippen molar-refractivity contribution in [1.82, 2.24) is 0 Å². The van der Waals surface area contributed by atoms with Gasteiger partial charge in [0.05, 0.1) is 6.16 Å². The van der Waals surface area contributed by atoms with Gasteiger partial charge in [0.1, 0.15) is 29.5 Å². The molecule has 0 aliphatic heterocycles. The number of aldehydes is 1. The minimum atomic E-state index is -1.97. The molecule has 4 aromatic carbocycles. The normalized spacial score (nSPS) is 11.1. The van der Waals surface area contributed by atoms with Gasteiger partial charge in [-0.25, -0.2) is 0 Å². The second-order valence-corrected chi connectivity index (χ2v) is 10.3. The number of carbonyl (C=O) groups excluding carboxylic acids is 1. The summed E-state index contributed by atoms with van der Waals surface area (Å²) in [4.78, 5) is 11.7. The van der Waals surface area contributed by atoms with Crippen LogP contribution in [0.1, 0.15) is 15.9 Å². The number of carbonyl (C=O) groups is 1. The molecule has 4 rings (SSSR count). The van der Waals surface area contributed by atoms with E-state index >= 15 is 0 Å². The largest absolute Gasteiger partial charge is 0.298 e. The van der Waals surface area contributed by atoms with Crippen molar-refractivity contribution in [2.75, 3.05) is 0 Å². The van der Waals surface area contributed by atoms with Gasteiger partial charge in [-0.15, -0.1) is 0 Å². The highest BCUT2D eigenvalue weighted by Crippen LogP contribution is 2.58. The van der Waals surface area contributed by atoms with Gasteiger partial charge in [-0.2, -0.15) is 0 Å². The van der Waals surface area contributed by atoms with E-state index in [4.69, 9.17) is 0 Å². The molecule has 0 atom stereocenters. The fraction of sp³-hybridized carbons (Fsp3) is 0.0385. The number of hydrogen-bond donors (Lipinski definition) is 0. The van der Waals surface area contributed by atoms with Crippen molar-refractivity contribution in [2.24, 2.45) is 0 Å². The average Bonchev–Trinajstić information content (AvgIpc) is 2.79. The highest BCUT2D eigenvalue weighted by Gasteiger charge is 2.45. The molecule has 0 heterocycles. The van der Waals surface area contributed by atoms with E-state index in [0.717, 1.165) is 23.6 Å². The Bertz CT molecular complexity index is 947. The first-order chi connectivity index (χ1) is 13.8. The lowest BCUT2D eigenvalue weighted by Gasteiger charge is -2.28. The Kier molecular flexibility index (Phi) is 5.46. The zero-order chi connectivity index (χ0) is 19.2. The smallest absolute Gasteiger partial charge is 0.150 e. The van der Waals surface area contributed by atoms with Crippen molar-refractivity contribution >= 4 is 29.5 Å². The molecule has 2 heteroatoms. The summed E-state index contributed by atoms with van der Waals surface area (Å²) in [5.41, 5.74) is 1.87. The monoisotopic (exact) mass is 381 g/mol. The molecule has 136 valence electrons. The van der Waals surface area contributed by atoms with Gasteiger partial charge in [0.2, 0.25) is 0 Å². The first kappa shape index (κ1) is 18.3. The van der Waals surface area contributed by atoms with E-state index in [1.54, 1.807) is 0 Å². The van der Waals surface area contributed by atoms with Crippen LogP contribution in [0.25, 0.3) is 0 Å². The van der Waals surface area contributed by atoms with E-state index in [9.17, 15) is 4.79 Å². The lowest BCUT2D eigenvalue weighted by atomic mass is 10.1. The van der Waals surface area contributed by atoms with Crippen LogP contribution in [0.5, 0.6) is 0 Å². The molecular weight excluding hydrogens is 359 g/mol. The molecule has 0 bridgehead atoms. The SMILES string of the molecule is O=Cc1ccccc1C[P+](c1ccccc1)(c1ccccc1)c1ccccc1. The summed E-state index contributed by atoms with van der Waals surface area (Å²) >= 11 is 0. The molecule has 28 heavy (non-hydrogen) atoms. The summed E-state index contributed by atoms with van der Waals surface area (Å²) in [7, 11) is -1.97. The van der Waals surface area contributed by atoms with Gasteiger partial charge in [-0.3, -0.25) is 4.79 Å². The molecule has 0 aromatic heterocycles. The van der Waals surface area contributed by atoms with Gasteiger partial charge in [-0.05, 0) is 36.4 Å². The predicted octanol–water partition coefficient (Wildman–Crippen LogP) is 4.99. The first-order valence-corrected chi connectivity index (χ1v) is 11.4. The van der Waals surface area contributed by atoms with Crippen LogP contribution in [-0.2, 0) is 6.16 Å². The Labute approximate surface area is 167 Å². The van der Waals surface area contributed by atoms with Crippen molar-refractivity contribution in [3.8, 4) is 0 Å². The van der Waals surface area contributed by atoms with Crippen molar-refractivity contribution in [3.63, 3.8) is 0 Å². The quantitative estimate of drug-likeness (QED) is 0.340. The maximum absolute atomic E-state index is 11.7. The standard InChI is InChI=1S/C26H22OP/c27-20-22-12-10-11-13-23(22)21-28(24-14-4-1-5-15-24,25-16-6-2-7-17-25)26-18-8-3-9-19-26/h1-20H,21H2/q+1. The fourth-order valence-corrected chi connectivity index (χ4v) is 8.10. The molecule has 0 saturated heterocycles. The van der Waals surface area contributed by atoms with Crippen LogP contribution in [0.15, 0.2) is 115 Å². The van der Waals surface area contributed by atoms with Crippen LogP contribution in [0.3, 0.4) is 0 Å². The summed E-state index contributed by atoms with van der Waals surface area (Å²) in [6.07, 6.45) is 1.80. The van der Waals surface area contributed by atoms with Crippen molar-refractivity contribution in [2.45, 2.75) is 6.16 Å². The van der Waals surface area contributed by atoms with Crippen LogP contribution < -0.4 is 15.9 Å². The molecule has 0 saturated carbocycles. The van der Waals surface area contributed by atoms with E-state index in [0.29, 0.717) is 0 Å². The molecule has 0 aliphatic rings. The number of hydrogen-bond acceptors (Lipinski definition) is 1. The summed E-state index contributed by atoms with van der Waals surface area (Å²) in [5.74, 6) is 0. The second-order valence-electron chi connectivity index (χ2n) is 6.79. The highest BCUT2D eigenvalue weighted by atomic mass is 31.2. The lowest BCUT2D eigenvalue weighted by Crippen LogP contribution is -2.32. The Morgan fingerprint density at radius 2 is 0.929 bits per heavy atom. The van der Waals surface area contributed by atoms with E-state index in [1.165, 1.54) is 15.9 Å². The van der Waals surface area contributed by atoms with E-state index in [-0.39, 0.29) is 0 Å². The zero-order valence-electron chi connectivity index (χ0n) is 15.6. The third-order valence-corrected chi connectivity index (χ3v) is 9.53. The van der Waals surface area contributed by atoms with Crippen LogP contribution in [0.2, 0.25) is 0 Å². The third-order valence-electron chi connectivity index (χ3n) is 5.18. The molecule has 0 radical (unpaired) electrons. The Morgan fingerprint density at radius 1 is 0.536 bits per heavy atom. The van der Waals surface area contributed by atoms with Crippen molar-refractivity contribution < 1.29 is 4.79 Å². The minimum Gasteiger partial charge on any atom is -0.298 e. The molecule has 0 unspecified atom stereocenters. The zero-order valence-corrected chi connectivity index (χ0v) is 16.5. The van der Waals surface area contributed by atoms with E-state index in [1.807, 2.05) is 18.2 Å². The predicted molar refractivity (Wildman–Crippen MR) is 121 cm³/mol. The maximum atomic E-state index is 11.7. The van der Waals surface area contributed by atoms with Gasteiger partial charge in [0, 0.05) is 11.1 Å². The van der Waals surface area contributed by atoms with Gasteiger partial charge < -0.3 is 0 Å². The second kappa shape index (κ2) is 8.33. The highest BCUT2D eigenvalue weighted by molar-refractivity contribution is 7.95. The molecular formula is C26H22OP+. The lowest BCUT2D eigenvalue weighted by molar-refractivity contribution is 0.112. The molecule has 0 amide bonds. The number of benzene rings is 4. The number of rotatable bonds is 6. The molecule has 1 nitrogen and oxygen atoms in total. The van der Waals surface area contributed by atoms with Crippen molar-refractivity contribution in [3.05, 3.63) is 126 Å². The summed E-state index contributed by atoms with van der Waals surface area (Å²) in [6, 6.07) is 40.2. The minimum absolute atomic E-state index is 0.773. The van der Waals surface area contributed by atoms with Crippen LogP contribution >= 0.6 is 7.26 Å². The average molecular weight is 381 g/mol. The Hall–Kier alpha value is -3.02. The Balaban J connectivity index is 2.02. The molecule has 0 spiro atoms. The van der Waals surface area contributed by atoms with Crippen molar-refractivity contribution in [1.29, 1.82) is 0 Å². The van der Waals surface area contributed by atoms with Crippen LogP contribution in [0, 0.1) is 0 Å². The van der Waals surface area contributed by atoms with E-state index < -0.39 is 7.26 Å². The van der Waals surface area contributed by atoms with Gasteiger partial charge >= 0.3 is 0 Å². The Morgan fingerprint density at radius 3 is 1.36 bits per heavy atom. The topological polar surface area (TPSA) is 17.1 Å². The van der Waals surface area contributed by atoms with Gasteiger partial charge in [0.25, 0.3) is 0 Å². The molecule has 0 N–H and O–H groups in total. The van der Waals surface area contributed by atoms with E-state index in [2.05, 4.69) is 97.1 Å². The first-order valence-electron chi connectivity index (χ1n) is 9.42. The molecule has 0 fully saturated rings. The van der Waals surface area contributed by atoms with Gasteiger partial charge in [-0.1, -0.05) is 78.9 Å². The molecule has 0 aliphatic carbocycles. The van der Waals surface area contributed by atoms with Gasteiger partial charge in [0.15, 0.2) is 0 Å². The van der Waals surface area contributed by atoms with Crippen LogP contribution in [-0.4, -0.2) is 6.29 Å². The third kappa shape index (κ3) is 3.42. The summed E-state index contributed by atoms with van der Waals surface area (Å²) in [6.45, 7) is 0. The molecule has 4 aromatic rings. The summed E-state index contributed by atoms with van der Waals surface area (Å²) < 4.78 is 0. The fourth-order valence-electron chi connectivity index (χ4n) is 3.82. The maximum Gasteiger partial charge on any atom is 0.150 e.